The van der Waals surface area contributed by atoms with E-state index in [1.807, 2.05) is 36.4 Å². The molecule has 0 aliphatic heterocycles. The summed E-state index contributed by atoms with van der Waals surface area (Å²) in [7, 11) is 0. The van der Waals surface area contributed by atoms with Gasteiger partial charge in [-0.1, -0.05) is 44.5 Å². The molecule has 0 saturated heterocycles. The van der Waals surface area contributed by atoms with E-state index in [0.717, 1.165) is 12.3 Å². The summed E-state index contributed by atoms with van der Waals surface area (Å²) in [5.41, 5.74) is 3.19. The van der Waals surface area contributed by atoms with Crippen molar-refractivity contribution in [2.45, 2.75) is 58.3 Å². The first-order valence-corrected chi connectivity index (χ1v) is 9.60. The van der Waals surface area contributed by atoms with Crippen molar-refractivity contribution in [3.8, 4) is 5.75 Å². The van der Waals surface area contributed by atoms with E-state index in [9.17, 15) is 4.79 Å². The van der Waals surface area contributed by atoms with E-state index >= 15 is 0 Å². The van der Waals surface area contributed by atoms with Crippen LogP contribution in [0, 0.1) is 5.92 Å². The standard InChI is InChI=1S/C23H28O2/c1-3-17-5-9-19(10-6-17)20-13-15-22(16-14-20)25-23(24)21-11-7-18(4-2)8-12-21/h7-8,11-17,19H,3-6,9-10H2,1-2H3. The number of carbonyl (C=O) groups excluding carboxylic acids is 1. The van der Waals surface area contributed by atoms with E-state index in [0.29, 0.717) is 17.2 Å². The largest absolute Gasteiger partial charge is 0.423 e. The lowest BCUT2D eigenvalue weighted by Gasteiger charge is -2.28. The SMILES string of the molecule is CCc1ccc(C(=O)Oc2ccc(C3CCC(CC)CC3)cc2)cc1. The number of esters is 1. The van der Waals surface area contributed by atoms with Gasteiger partial charge in [-0.15, -0.1) is 0 Å². The van der Waals surface area contributed by atoms with Crippen LogP contribution < -0.4 is 4.74 Å². The van der Waals surface area contributed by atoms with Crippen LogP contribution in [-0.2, 0) is 6.42 Å². The van der Waals surface area contributed by atoms with Gasteiger partial charge in [0.2, 0.25) is 0 Å². The minimum absolute atomic E-state index is 0.293. The molecule has 0 radical (unpaired) electrons. The maximum Gasteiger partial charge on any atom is 0.343 e. The lowest BCUT2D eigenvalue weighted by molar-refractivity contribution is 0.0734. The first-order chi connectivity index (χ1) is 12.2. The van der Waals surface area contributed by atoms with Crippen LogP contribution in [0.1, 0.15) is 73.4 Å². The van der Waals surface area contributed by atoms with Gasteiger partial charge < -0.3 is 4.74 Å². The minimum atomic E-state index is -0.293. The molecule has 0 N–H and O–H groups in total. The molecule has 1 aliphatic carbocycles. The van der Waals surface area contributed by atoms with Gasteiger partial charge in [0.15, 0.2) is 0 Å². The molecule has 2 nitrogen and oxygen atoms in total. The number of benzene rings is 2. The number of hydrogen-bond donors (Lipinski definition) is 0. The average molecular weight is 336 g/mol. The van der Waals surface area contributed by atoms with E-state index in [4.69, 9.17) is 4.74 Å². The van der Waals surface area contributed by atoms with E-state index in [2.05, 4.69) is 26.0 Å². The fourth-order valence-electron chi connectivity index (χ4n) is 3.75. The third kappa shape index (κ3) is 4.50. The van der Waals surface area contributed by atoms with Crippen LogP contribution in [0.4, 0.5) is 0 Å². The molecule has 1 fully saturated rings. The molecule has 3 rings (SSSR count). The molecule has 0 heterocycles. The molecule has 25 heavy (non-hydrogen) atoms. The van der Waals surface area contributed by atoms with Crippen molar-refractivity contribution in [1.29, 1.82) is 0 Å². The van der Waals surface area contributed by atoms with Crippen LogP contribution >= 0.6 is 0 Å². The fraction of sp³-hybridized carbons (Fsp3) is 0.435. The second-order valence-electron chi connectivity index (χ2n) is 7.13. The summed E-state index contributed by atoms with van der Waals surface area (Å²) < 4.78 is 5.51. The number of hydrogen-bond acceptors (Lipinski definition) is 2. The van der Waals surface area contributed by atoms with Gasteiger partial charge in [-0.2, -0.15) is 0 Å². The van der Waals surface area contributed by atoms with Crippen LogP contribution in [0.5, 0.6) is 5.75 Å². The quantitative estimate of drug-likeness (QED) is 0.483. The van der Waals surface area contributed by atoms with Crippen molar-refractivity contribution in [2.24, 2.45) is 5.92 Å². The van der Waals surface area contributed by atoms with Gasteiger partial charge in [0.25, 0.3) is 0 Å². The summed E-state index contributed by atoms with van der Waals surface area (Å²) in [5.74, 6) is 1.90. The lowest BCUT2D eigenvalue weighted by atomic mass is 9.78. The molecule has 0 atom stereocenters. The molecule has 0 aromatic heterocycles. The summed E-state index contributed by atoms with van der Waals surface area (Å²) >= 11 is 0. The third-order valence-corrected chi connectivity index (χ3v) is 5.58. The van der Waals surface area contributed by atoms with Crippen LogP contribution in [-0.4, -0.2) is 5.97 Å². The fourth-order valence-corrected chi connectivity index (χ4v) is 3.75. The van der Waals surface area contributed by atoms with Crippen molar-refractivity contribution >= 4 is 5.97 Å². The normalized spacial score (nSPS) is 20.2. The van der Waals surface area contributed by atoms with Crippen LogP contribution in [0.25, 0.3) is 0 Å². The van der Waals surface area contributed by atoms with Crippen molar-refractivity contribution in [3.63, 3.8) is 0 Å². The Morgan fingerprint density at radius 2 is 1.56 bits per heavy atom. The first kappa shape index (κ1) is 17.7. The highest BCUT2D eigenvalue weighted by Crippen LogP contribution is 2.37. The molecule has 0 unspecified atom stereocenters. The van der Waals surface area contributed by atoms with Gasteiger partial charge in [0, 0.05) is 0 Å². The van der Waals surface area contributed by atoms with Gasteiger partial charge in [-0.25, -0.2) is 4.79 Å². The highest BCUT2D eigenvalue weighted by Gasteiger charge is 2.21. The Bertz CT molecular complexity index is 677. The molecule has 2 aromatic carbocycles. The van der Waals surface area contributed by atoms with Gasteiger partial charge in [0.1, 0.15) is 5.75 Å². The molecule has 1 saturated carbocycles. The first-order valence-electron chi connectivity index (χ1n) is 9.60. The maximum absolute atomic E-state index is 12.2. The molecule has 0 spiro atoms. The van der Waals surface area contributed by atoms with Crippen LogP contribution in [0.2, 0.25) is 0 Å². The molecular weight excluding hydrogens is 308 g/mol. The van der Waals surface area contributed by atoms with Crippen molar-refractivity contribution < 1.29 is 9.53 Å². The third-order valence-electron chi connectivity index (χ3n) is 5.58. The lowest BCUT2D eigenvalue weighted by Crippen LogP contribution is -2.12. The van der Waals surface area contributed by atoms with Crippen molar-refractivity contribution in [2.75, 3.05) is 0 Å². The zero-order valence-electron chi connectivity index (χ0n) is 15.3. The zero-order chi connectivity index (χ0) is 17.6. The van der Waals surface area contributed by atoms with Crippen molar-refractivity contribution in [1.82, 2.24) is 0 Å². The van der Waals surface area contributed by atoms with Gasteiger partial charge >= 0.3 is 5.97 Å². The predicted octanol–water partition coefficient (Wildman–Crippen LogP) is 6.15. The Balaban J connectivity index is 1.59. The summed E-state index contributed by atoms with van der Waals surface area (Å²) in [5, 5.41) is 0. The van der Waals surface area contributed by atoms with Gasteiger partial charge in [-0.3, -0.25) is 0 Å². The van der Waals surface area contributed by atoms with E-state index < -0.39 is 0 Å². The molecular formula is C23H28O2. The average Bonchev–Trinajstić information content (AvgIpc) is 2.68. The second kappa shape index (κ2) is 8.33. The maximum atomic E-state index is 12.2. The Labute approximate surface area is 151 Å². The minimum Gasteiger partial charge on any atom is -0.423 e. The summed E-state index contributed by atoms with van der Waals surface area (Å²) in [6.07, 6.45) is 7.51. The van der Waals surface area contributed by atoms with Crippen molar-refractivity contribution in [3.05, 3.63) is 65.2 Å². The molecule has 132 valence electrons. The molecule has 0 amide bonds. The second-order valence-corrected chi connectivity index (χ2v) is 7.13. The Hall–Kier alpha value is -2.09. The number of aryl methyl sites for hydroxylation is 1. The van der Waals surface area contributed by atoms with Crippen LogP contribution in [0.3, 0.4) is 0 Å². The van der Waals surface area contributed by atoms with Gasteiger partial charge in [0.05, 0.1) is 5.56 Å². The van der Waals surface area contributed by atoms with E-state index in [1.165, 1.54) is 43.2 Å². The Kier molecular flexibility index (Phi) is 5.91. The van der Waals surface area contributed by atoms with E-state index in [1.54, 1.807) is 0 Å². The number of rotatable bonds is 5. The highest BCUT2D eigenvalue weighted by molar-refractivity contribution is 5.91. The Morgan fingerprint density at radius 1 is 0.920 bits per heavy atom. The highest BCUT2D eigenvalue weighted by atomic mass is 16.5. The summed E-state index contributed by atoms with van der Waals surface area (Å²) in [6, 6.07) is 15.7. The molecule has 2 aromatic rings. The molecule has 0 bridgehead atoms. The topological polar surface area (TPSA) is 26.3 Å². The number of ether oxygens (including phenoxy) is 1. The molecule has 2 heteroatoms. The smallest absolute Gasteiger partial charge is 0.343 e. The van der Waals surface area contributed by atoms with Gasteiger partial charge in [-0.05, 0) is 79.3 Å². The molecule has 1 aliphatic rings. The predicted molar refractivity (Wildman–Crippen MR) is 102 cm³/mol. The number of carbonyl (C=O) groups is 1. The van der Waals surface area contributed by atoms with E-state index in [-0.39, 0.29) is 5.97 Å². The summed E-state index contributed by atoms with van der Waals surface area (Å²) in [4.78, 5) is 12.2. The van der Waals surface area contributed by atoms with Crippen LogP contribution in [0.15, 0.2) is 48.5 Å². The zero-order valence-corrected chi connectivity index (χ0v) is 15.3. The Morgan fingerprint density at radius 3 is 2.12 bits per heavy atom. The summed E-state index contributed by atoms with van der Waals surface area (Å²) in [6.45, 7) is 4.40. The monoisotopic (exact) mass is 336 g/mol.